The molecule has 4 heteroatoms. The van der Waals surface area contributed by atoms with Crippen molar-refractivity contribution in [2.24, 2.45) is 7.05 Å². The van der Waals surface area contributed by atoms with Crippen molar-refractivity contribution in [1.82, 2.24) is 9.78 Å². The van der Waals surface area contributed by atoms with Crippen LogP contribution in [-0.4, -0.2) is 9.78 Å². The maximum Gasteiger partial charge on any atom is 0.0671 e. The van der Waals surface area contributed by atoms with Crippen molar-refractivity contribution < 1.29 is 0 Å². The van der Waals surface area contributed by atoms with Gasteiger partial charge in [0.15, 0.2) is 0 Å². The van der Waals surface area contributed by atoms with E-state index in [-0.39, 0.29) is 0 Å². The third kappa shape index (κ3) is 2.93. The van der Waals surface area contributed by atoms with Gasteiger partial charge in [-0.15, -0.1) is 0 Å². The summed E-state index contributed by atoms with van der Waals surface area (Å²) < 4.78 is 2.98. The molecule has 2 aromatic rings. The number of nitrogens with one attached hydrogen (secondary N) is 1. The van der Waals surface area contributed by atoms with Gasteiger partial charge in [-0.2, -0.15) is 5.10 Å². The second-order valence-electron chi connectivity index (χ2n) is 4.47. The number of hydrogen-bond acceptors (Lipinski definition) is 2. The molecule has 0 amide bonds. The van der Waals surface area contributed by atoms with Crippen LogP contribution < -0.4 is 5.32 Å². The number of rotatable bonds is 4. The molecule has 0 unspecified atom stereocenters. The van der Waals surface area contributed by atoms with E-state index in [0.29, 0.717) is 0 Å². The van der Waals surface area contributed by atoms with Gasteiger partial charge in [0.1, 0.15) is 0 Å². The quantitative estimate of drug-likeness (QED) is 0.934. The Morgan fingerprint density at radius 2 is 2.17 bits per heavy atom. The van der Waals surface area contributed by atoms with Gasteiger partial charge in [-0.05, 0) is 47.0 Å². The first-order chi connectivity index (χ1) is 8.60. The van der Waals surface area contributed by atoms with Crippen LogP contribution in [0.4, 0.5) is 5.69 Å². The maximum atomic E-state index is 4.44. The number of aryl methyl sites for hydroxylation is 3. The molecule has 18 heavy (non-hydrogen) atoms. The van der Waals surface area contributed by atoms with Crippen molar-refractivity contribution in [3.63, 3.8) is 0 Å². The molecular weight excluding hydrogens is 290 g/mol. The first-order valence-electron chi connectivity index (χ1n) is 6.11. The molecule has 0 atom stereocenters. The highest BCUT2D eigenvalue weighted by molar-refractivity contribution is 9.10. The predicted octanol–water partition coefficient (Wildman–Crippen LogP) is 3.67. The Hall–Kier alpha value is -1.29. The highest BCUT2D eigenvalue weighted by atomic mass is 79.9. The summed E-state index contributed by atoms with van der Waals surface area (Å²) in [5, 5.41) is 7.89. The molecule has 0 aliphatic carbocycles. The van der Waals surface area contributed by atoms with Gasteiger partial charge in [-0.1, -0.05) is 13.0 Å². The fourth-order valence-corrected chi connectivity index (χ4v) is 2.62. The smallest absolute Gasteiger partial charge is 0.0671 e. The standard InChI is InChI=1S/C14H18BrN3/c1-4-13-11(9-18(3)17-13)8-16-14-6-5-10(2)7-12(14)15/h5-7,9,16H,4,8H2,1-3H3. The topological polar surface area (TPSA) is 29.9 Å². The number of benzene rings is 1. The Morgan fingerprint density at radius 3 is 2.83 bits per heavy atom. The second-order valence-corrected chi connectivity index (χ2v) is 5.32. The summed E-state index contributed by atoms with van der Waals surface area (Å²) in [5.41, 5.74) is 4.79. The van der Waals surface area contributed by atoms with Crippen molar-refractivity contribution in [2.45, 2.75) is 26.8 Å². The van der Waals surface area contributed by atoms with Crippen LogP contribution in [0, 0.1) is 6.92 Å². The molecule has 0 aliphatic heterocycles. The summed E-state index contributed by atoms with van der Waals surface area (Å²) in [7, 11) is 1.96. The van der Waals surface area contributed by atoms with Crippen LogP contribution in [0.25, 0.3) is 0 Å². The predicted molar refractivity (Wildman–Crippen MR) is 78.8 cm³/mol. The summed E-state index contributed by atoms with van der Waals surface area (Å²) in [4.78, 5) is 0. The van der Waals surface area contributed by atoms with Gasteiger partial charge < -0.3 is 5.32 Å². The largest absolute Gasteiger partial charge is 0.380 e. The molecule has 3 nitrogen and oxygen atoms in total. The normalized spacial score (nSPS) is 10.7. The zero-order valence-electron chi connectivity index (χ0n) is 11.0. The number of anilines is 1. The Balaban J connectivity index is 2.11. The van der Waals surface area contributed by atoms with Gasteiger partial charge in [0, 0.05) is 35.5 Å². The Kier molecular flexibility index (Phi) is 4.07. The summed E-state index contributed by atoms with van der Waals surface area (Å²) in [5.74, 6) is 0. The van der Waals surface area contributed by atoms with Crippen molar-refractivity contribution in [1.29, 1.82) is 0 Å². The van der Waals surface area contributed by atoms with E-state index in [1.54, 1.807) is 0 Å². The molecule has 0 spiro atoms. The number of hydrogen-bond donors (Lipinski definition) is 1. The highest BCUT2D eigenvalue weighted by Gasteiger charge is 2.06. The van der Waals surface area contributed by atoms with E-state index in [9.17, 15) is 0 Å². The number of nitrogens with zero attached hydrogens (tertiary/aromatic N) is 2. The summed E-state index contributed by atoms with van der Waals surface area (Å²) in [6, 6.07) is 6.32. The molecule has 0 fully saturated rings. The van der Waals surface area contributed by atoms with E-state index in [1.807, 2.05) is 11.7 Å². The van der Waals surface area contributed by atoms with Gasteiger partial charge >= 0.3 is 0 Å². The lowest BCUT2D eigenvalue weighted by Crippen LogP contribution is -2.01. The third-order valence-electron chi connectivity index (χ3n) is 2.92. The average Bonchev–Trinajstić information content (AvgIpc) is 2.68. The van der Waals surface area contributed by atoms with Gasteiger partial charge in [0.2, 0.25) is 0 Å². The lowest BCUT2D eigenvalue weighted by atomic mass is 10.2. The Morgan fingerprint density at radius 1 is 1.39 bits per heavy atom. The fraction of sp³-hybridized carbons (Fsp3) is 0.357. The van der Waals surface area contributed by atoms with E-state index >= 15 is 0 Å². The van der Waals surface area contributed by atoms with E-state index in [0.717, 1.165) is 28.8 Å². The van der Waals surface area contributed by atoms with Crippen LogP contribution in [0.5, 0.6) is 0 Å². The Bertz CT molecular complexity index is 546. The van der Waals surface area contributed by atoms with Gasteiger partial charge in [-0.25, -0.2) is 0 Å². The molecule has 1 N–H and O–H groups in total. The molecule has 0 aliphatic rings. The van der Waals surface area contributed by atoms with Crippen LogP contribution in [0.1, 0.15) is 23.7 Å². The highest BCUT2D eigenvalue weighted by Crippen LogP contribution is 2.24. The molecule has 1 aromatic carbocycles. The monoisotopic (exact) mass is 307 g/mol. The Labute approximate surface area is 116 Å². The summed E-state index contributed by atoms with van der Waals surface area (Å²) >= 11 is 3.58. The molecule has 2 rings (SSSR count). The average molecular weight is 308 g/mol. The van der Waals surface area contributed by atoms with Crippen LogP contribution in [0.3, 0.4) is 0 Å². The van der Waals surface area contributed by atoms with Crippen molar-refractivity contribution >= 4 is 21.6 Å². The summed E-state index contributed by atoms with van der Waals surface area (Å²) in [6.07, 6.45) is 3.04. The van der Waals surface area contributed by atoms with Crippen LogP contribution >= 0.6 is 15.9 Å². The van der Waals surface area contributed by atoms with Crippen LogP contribution in [0.15, 0.2) is 28.9 Å². The SMILES string of the molecule is CCc1nn(C)cc1CNc1ccc(C)cc1Br. The molecule has 1 aromatic heterocycles. The van der Waals surface area contributed by atoms with Crippen molar-refractivity contribution in [3.8, 4) is 0 Å². The minimum absolute atomic E-state index is 0.804. The van der Waals surface area contributed by atoms with E-state index in [1.165, 1.54) is 11.1 Å². The first-order valence-corrected chi connectivity index (χ1v) is 6.91. The van der Waals surface area contributed by atoms with Gasteiger partial charge in [-0.3, -0.25) is 4.68 Å². The van der Waals surface area contributed by atoms with E-state index in [4.69, 9.17) is 0 Å². The fourth-order valence-electron chi connectivity index (χ4n) is 1.98. The van der Waals surface area contributed by atoms with E-state index < -0.39 is 0 Å². The van der Waals surface area contributed by atoms with Crippen molar-refractivity contribution in [2.75, 3.05) is 5.32 Å². The zero-order chi connectivity index (χ0) is 13.1. The minimum Gasteiger partial charge on any atom is -0.380 e. The lowest BCUT2D eigenvalue weighted by Gasteiger charge is -2.09. The lowest BCUT2D eigenvalue weighted by molar-refractivity contribution is 0.746. The van der Waals surface area contributed by atoms with Gasteiger partial charge in [0.25, 0.3) is 0 Å². The van der Waals surface area contributed by atoms with Gasteiger partial charge in [0.05, 0.1) is 5.69 Å². The van der Waals surface area contributed by atoms with Crippen LogP contribution in [-0.2, 0) is 20.0 Å². The molecular formula is C14H18BrN3. The van der Waals surface area contributed by atoms with E-state index in [2.05, 4.69) is 64.6 Å². The molecule has 0 saturated heterocycles. The van der Waals surface area contributed by atoms with Crippen molar-refractivity contribution in [3.05, 3.63) is 45.7 Å². The summed E-state index contributed by atoms with van der Waals surface area (Å²) in [6.45, 7) is 5.02. The third-order valence-corrected chi connectivity index (χ3v) is 3.58. The molecule has 1 heterocycles. The number of halogens is 1. The molecule has 0 saturated carbocycles. The molecule has 0 bridgehead atoms. The zero-order valence-corrected chi connectivity index (χ0v) is 12.6. The maximum absolute atomic E-state index is 4.44. The first kappa shape index (κ1) is 13.1. The number of aromatic nitrogens is 2. The minimum atomic E-state index is 0.804. The molecule has 96 valence electrons. The second kappa shape index (κ2) is 5.57. The molecule has 0 radical (unpaired) electrons. The van der Waals surface area contributed by atoms with Crippen LogP contribution in [0.2, 0.25) is 0 Å².